The van der Waals surface area contributed by atoms with Gasteiger partial charge in [-0.2, -0.15) is 0 Å². The van der Waals surface area contributed by atoms with E-state index in [0.717, 1.165) is 24.1 Å². The van der Waals surface area contributed by atoms with Crippen LogP contribution >= 0.6 is 0 Å². The van der Waals surface area contributed by atoms with Crippen LogP contribution in [0.1, 0.15) is 58.4 Å². The van der Waals surface area contributed by atoms with E-state index < -0.39 is 11.9 Å². The highest BCUT2D eigenvalue weighted by Gasteiger charge is 2.43. The highest BCUT2D eigenvalue weighted by molar-refractivity contribution is 6.04. The summed E-state index contributed by atoms with van der Waals surface area (Å²) in [5.74, 6) is 0.318. The van der Waals surface area contributed by atoms with E-state index >= 15 is 0 Å². The minimum absolute atomic E-state index is 0.0536. The van der Waals surface area contributed by atoms with Crippen LogP contribution in [-0.4, -0.2) is 32.6 Å². The van der Waals surface area contributed by atoms with Crippen LogP contribution in [0.5, 0.6) is 11.5 Å². The number of ketones is 1. The zero-order chi connectivity index (χ0) is 22.1. The largest absolute Gasteiger partial charge is 0.493 e. The molecule has 0 spiro atoms. The summed E-state index contributed by atoms with van der Waals surface area (Å²) >= 11 is 0. The lowest BCUT2D eigenvalue weighted by atomic mass is 9.68. The molecule has 0 radical (unpaired) electrons. The number of carbonyl (C=O) groups is 2. The van der Waals surface area contributed by atoms with E-state index in [1.807, 2.05) is 32.0 Å². The Morgan fingerprint density at radius 2 is 1.93 bits per heavy atom. The van der Waals surface area contributed by atoms with E-state index in [1.54, 1.807) is 7.11 Å². The summed E-state index contributed by atoms with van der Waals surface area (Å²) in [6.07, 6.45) is 2.06. The van der Waals surface area contributed by atoms with Gasteiger partial charge in [0.2, 0.25) is 0 Å². The lowest BCUT2D eigenvalue weighted by Crippen LogP contribution is -2.38. The molecular weight excluding hydrogens is 382 g/mol. The van der Waals surface area contributed by atoms with Crippen molar-refractivity contribution in [3.8, 4) is 11.5 Å². The average molecular weight is 414 g/mol. The quantitative estimate of drug-likeness (QED) is 0.703. The number of esters is 1. The van der Waals surface area contributed by atoms with Gasteiger partial charge in [-0.1, -0.05) is 26.8 Å². The third-order valence-corrected chi connectivity index (χ3v) is 5.63. The van der Waals surface area contributed by atoms with Crippen molar-refractivity contribution in [2.75, 3.05) is 20.8 Å². The van der Waals surface area contributed by atoms with Gasteiger partial charge in [-0.05, 0) is 42.9 Å². The summed E-state index contributed by atoms with van der Waals surface area (Å²) in [7, 11) is 2.94. The average Bonchev–Trinajstić information content (AvgIpc) is 2.69. The maximum Gasteiger partial charge on any atom is 0.336 e. The third-order valence-electron chi connectivity index (χ3n) is 5.63. The second kappa shape index (κ2) is 8.54. The Kier molecular flexibility index (Phi) is 6.25. The standard InChI is InChI=1S/C24H31NO5/c1-7-10-30-18-9-8-15(11-19(18)28-5)21-20(23(27)29-6)14(2)25-16-12-24(3,4)13-17(26)22(16)21/h8-9,11,21,25H,7,10,12-13H2,1-6H3/t21-/m1/s1. The molecule has 0 bridgehead atoms. The molecule has 0 aromatic heterocycles. The molecule has 0 amide bonds. The highest BCUT2D eigenvalue weighted by atomic mass is 16.5. The summed E-state index contributed by atoms with van der Waals surface area (Å²) in [6.45, 7) is 8.64. The molecule has 1 atom stereocenters. The van der Waals surface area contributed by atoms with E-state index in [-0.39, 0.29) is 11.2 Å². The van der Waals surface area contributed by atoms with Gasteiger partial charge in [0.15, 0.2) is 17.3 Å². The van der Waals surface area contributed by atoms with Crippen molar-refractivity contribution < 1.29 is 23.8 Å². The number of rotatable bonds is 6. The summed E-state index contributed by atoms with van der Waals surface area (Å²) in [5.41, 5.74) is 3.36. The van der Waals surface area contributed by atoms with E-state index in [2.05, 4.69) is 19.2 Å². The van der Waals surface area contributed by atoms with Crippen LogP contribution in [0.15, 0.2) is 40.7 Å². The fourth-order valence-electron chi connectivity index (χ4n) is 4.34. The molecule has 1 aromatic rings. The second-order valence-electron chi connectivity index (χ2n) is 8.68. The van der Waals surface area contributed by atoms with Crippen molar-refractivity contribution in [2.24, 2.45) is 5.41 Å². The number of benzene rings is 1. The first-order valence-electron chi connectivity index (χ1n) is 10.4. The molecule has 6 nitrogen and oxygen atoms in total. The lowest BCUT2D eigenvalue weighted by molar-refractivity contribution is -0.136. The Labute approximate surface area is 178 Å². The number of allylic oxidation sites excluding steroid dienone is 3. The number of Topliss-reactive ketones (excluding diaryl/α,β-unsaturated/α-hetero) is 1. The predicted molar refractivity (Wildman–Crippen MR) is 114 cm³/mol. The van der Waals surface area contributed by atoms with Crippen LogP contribution in [0.3, 0.4) is 0 Å². The molecule has 1 N–H and O–H groups in total. The van der Waals surface area contributed by atoms with Crippen molar-refractivity contribution in [1.29, 1.82) is 0 Å². The highest BCUT2D eigenvalue weighted by Crippen LogP contribution is 2.47. The van der Waals surface area contributed by atoms with Crippen LogP contribution in [-0.2, 0) is 14.3 Å². The molecule has 3 rings (SSSR count). The number of dihydropyridines is 1. The topological polar surface area (TPSA) is 73.9 Å². The second-order valence-corrected chi connectivity index (χ2v) is 8.68. The van der Waals surface area contributed by atoms with Crippen LogP contribution in [0.4, 0.5) is 0 Å². The first kappa shape index (κ1) is 21.9. The van der Waals surface area contributed by atoms with Crippen molar-refractivity contribution in [1.82, 2.24) is 5.32 Å². The van der Waals surface area contributed by atoms with Crippen LogP contribution in [0.25, 0.3) is 0 Å². The van der Waals surface area contributed by atoms with Gasteiger partial charge >= 0.3 is 5.97 Å². The number of carbonyl (C=O) groups excluding carboxylic acids is 2. The molecule has 0 fully saturated rings. The van der Waals surface area contributed by atoms with Crippen LogP contribution in [0.2, 0.25) is 0 Å². The molecule has 2 aliphatic rings. The normalized spacial score (nSPS) is 20.5. The lowest BCUT2D eigenvalue weighted by Gasteiger charge is -2.39. The Bertz CT molecular complexity index is 926. The number of methoxy groups -OCH3 is 2. The van der Waals surface area contributed by atoms with Gasteiger partial charge in [-0.25, -0.2) is 4.79 Å². The molecule has 30 heavy (non-hydrogen) atoms. The van der Waals surface area contributed by atoms with Crippen molar-refractivity contribution >= 4 is 11.8 Å². The van der Waals surface area contributed by atoms with Crippen LogP contribution in [0, 0.1) is 5.41 Å². The smallest absolute Gasteiger partial charge is 0.336 e. The van der Waals surface area contributed by atoms with E-state index in [4.69, 9.17) is 14.2 Å². The van der Waals surface area contributed by atoms with Gasteiger partial charge in [-0.3, -0.25) is 4.79 Å². The summed E-state index contributed by atoms with van der Waals surface area (Å²) in [4.78, 5) is 25.9. The first-order valence-corrected chi connectivity index (χ1v) is 10.4. The molecule has 6 heteroatoms. The molecule has 1 aromatic carbocycles. The third kappa shape index (κ3) is 4.09. The fraction of sp³-hybridized carbons (Fsp3) is 0.500. The zero-order valence-corrected chi connectivity index (χ0v) is 18.7. The molecule has 1 aliphatic carbocycles. The molecular formula is C24H31NO5. The van der Waals surface area contributed by atoms with Crippen molar-refractivity contribution in [3.05, 3.63) is 46.3 Å². The van der Waals surface area contributed by atoms with Gasteiger partial charge in [-0.15, -0.1) is 0 Å². The van der Waals surface area contributed by atoms with Crippen LogP contribution < -0.4 is 14.8 Å². The van der Waals surface area contributed by atoms with E-state index in [0.29, 0.717) is 41.4 Å². The summed E-state index contributed by atoms with van der Waals surface area (Å²) in [6, 6.07) is 5.60. The fourth-order valence-corrected chi connectivity index (χ4v) is 4.34. The first-order chi connectivity index (χ1) is 14.2. The predicted octanol–water partition coefficient (Wildman–Crippen LogP) is 4.26. The molecule has 0 unspecified atom stereocenters. The van der Waals surface area contributed by atoms with Crippen molar-refractivity contribution in [2.45, 2.75) is 52.9 Å². The SMILES string of the molecule is CCCOc1ccc([C@@H]2C(C(=O)OC)=C(C)NC3=C2C(=O)CC(C)(C)C3)cc1OC. The Balaban J connectivity index is 2.16. The number of hydrogen-bond acceptors (Lipinski definition) is 6. The summed E-state index contributed by atoms with van der Waals surface area (Å²) in [5, 5.41) is 3.32. The Hall–Kier alpha value is -2.76. The molecule has 162 valence electrons. The number of nitrogens with one attached hydrogen (secondary N) is 1. The minimum atomic E-state index is -0.508. The molecule has 0 saturated heterocycles. The van der Waals surface area contributed by atoms with Gasteiger partial charge in [0.25, 0.3) is 0 Å². The molecule has 0 saturated carbocycles. The van der Waals surface area contributed by atoms with Gasteiger partial charge in [0.05, 0.1) is 26.4 Å². The van der Waals surface area contributed by atoms with E-state index in [9.17, 15) is 9.59 Å². The van der Waals surface area contributed by atoms with Gasteiger partial charge < -0.3 is 19.5 Å². The maximum absolute atomic E-state index is 13.2. The minimum Gasteiger partial charge on any atom is -0.493 e. The van der Waals surface area contributed by atoms with Gasteiger partial charge in [0, 0.05) is 29.3 Å². The van der Waals surface area contributed by atoms with Gasteiger partial charge in [0.1, 0.15) is 0 Å². The van der Waals surface area contributed by atoms with E-state index in [1.165, 1.54) is 7.11 Å². The number of hydrogen-bond donors (Lipinski definition) is 1. The zero-order valence-electron chi connectivity index (χ0n) is 18.7. The number of ether oxygens (including phenoxy) is 3. The van der Waals surface area contributed by atoms with Crippen molar-refractivity contribution in [3.63, 3.8) is 0 Å². The monoisotopic (exact) mass is 413 g/mol. The molecule has 1 aliphatic heterocycles. The summed E-state index contributed by atoms with van der Waals surface area (Å²) < 4.78 is 16.4. The molecule has 1 heterocycles. The maximum atomic E-state index is 13.2. The Morgan fingerprint density at radius 1 is 1.20 bits per heavy atom. The Morgan fingerprint density at radius 3 is 2.57 bits per heavy atom.